The summed E-state index contributed by atoms with van der Waals surface area (Å²) in [5.74, 6) is 1.67. The summed E-state index contributed by atoms with van der Waals surface area (Å²) in [6, 6.07) is 10.1. The molecule has 0 spiro atoms. The highest BCUT2D eigenvalue weighted by Gasteiger charge is 2.19. The van der Waals surface area contributed by atoms with Crippen molar-refractivity contribution in [3.63, 3.8) is 0 Å². The number of hydrogen-bond donors (Lipinski definition) is 2. The Morgan fingerprint density at radius 1 is 0.920 bits per heavy atom. The Labute approximate surface area is 146 Å². The highest BCUT2D eigenvalue weighted by Crippen LogP contribution is 2.17. The number of hydrogen-bond acceptors (Lipinski definition) is 6. The molecule has 7 heteroatoms. The van der Waals surface area contributed by atoms with Crippen LogP contribution in [0.15, 0.2) is 48.9 Å². The van der Waals surface area contributed by atoms with Gasteiger partial charge in [-0.15, -0.1) is 0 Å². The molecule has 7 nitrogen and oxygen atoms in total. The van der Waals surface area contributed by atoms with E-state index in [1.165, 1.54) is 12.4 Å². The van der Waals surface area contributed by atoms with Crippen molar-refractivity contribution in [3.05, 3.63) is 54.6 Å². The van der Waals surface area contributed by atoms with Crippen molar-refractivity contribution in [1.29, 1.82) is 0 Å². The number of aromatic hydroxyl groups is 1. The molecular formula is C18H20N6O. The Morgan fingerprint density at radius 3 is 2.36 bits per heavy atom. The average Bonchev–Trinajstić information content (AvgIpc) is 3.12. The zero-order valence-electron chi connectivity index (χ0n) is 13.8. The van der Waals surface area contributed by atoms with Crippen LogP contribution in [0.1, 0.15) is 5.69 Å². The molecule has 0 aliphatic carbocycles. The minimum absolute atomic E-state index is 0.0934. The maximum Gasteiger partial charge on any atom is 0.225 e. The zero-order valence-corrected chi connectivity index (χ0v) is 13.8. The molecule has 0 radical (unpaired) electrons. The van der Waals surface area contributed by atoms with Crippen LogP contribution in [-0.2, 0) is 6.54 Å². The van der Waals surface area contributed by atoms with Gasteiger partial charge in [0.1, 0.15) is 5.82 Å². The summed E-state index contributed by atoms with van der Waals surface area (Å²) in [6.45, 7) is 4.45. The topological polar surface area (TPSA) is 81.2 Å². The van der Waals surface area contributed by atoms with E-state index in [1.807, 2.05) is 24.4 Å². The first-order valence-corrected chi connectivity index (χ1v) is 8.35. The summed E-state index contributed by atoms with van der Waals surface area (Å²) < 4.78 is 0. The Bertz CT molecular complexity index is 809. The van der Waals surface area contributed by atoms with Crippen LogP contribution in [0.4, 0.5) is 5.95 Å². The maximum absolute atomic E-state index is 9.28. The molecule has 1 fully saturated rings. The summed E-state index contributed by atoms with van der Waals surface area (Å²) >= 11 is 0. The molecule has 0 saturated carbocycles. The zero-order chi connectivity index (χ0) is 17.1. The van der Waals surface area contributed by atoms with Crippen LogP contribution >= 0.6 is 0 Å². The second kappa shape index (κ2) is 6.90. The van der Waals surface area contributed by atoms with Crippen LogP contribution in [0.5, 0.6) is 5.75 Å². The van der Waals surface area contributed by atoms with Gasteiger partial charge in [0.05, 0.1) is 12.4 Å². The fourth-order valence-electron chi connectivity index (χ4n) is 3.01. The van der Waals surface area contributed by atoms with Crippen molar-refractivity contribution in [2.24, 2.45) is 0 Å². The lowest BCUT2D eigenvalue weighted by Crippen LogP contribution is -2.46. The van der Waals surface area contributed by atoms with E-state index in [9.17, 15) is 5.11 Å². The molecule has 4 rings (SSSR count). The third-order valence-electron chi connectivity index (χ3n) is 4.35. The number of nitrogens with zero attached hydrogens (tertiary/aromatic N) is 5. The molecule has 128 valence electrons. The third-order valence-corrected chi connectivity index (χ3v) is 4.35. The van der Waals surface area contributed by atoms with Crippen molar-refractivity contribution in [2.45, 2.75) is 6.54 Å². The predicted octanol–water partition coefficient (Wildman–Crippen LogP) is 1.89. The van der Waals surface area contributed by atoms with E-state index < -0.39 is 0 Å². The van der Waals surface area contributed by atoms with Gasteiger partial charge >= 0.3 is 0 Å². The molecule has 0 atom stereocenters. The van der Waals surface area contributed by atoms with E-state index in [4.69, 9.17) is 0 Å². The number of imidazole rings is 1. The molecule has 3 aromatic rings. The van der Waals surface area contributed by atoms with Gasteiger partial charge in [-0.2, -0.15) is 0 Å². The first-order chi connectivity index (χ1) is 12.3. The number of anilines is 1. The van der Waals surface area contributed by atoms with E-state index in [1.54, 1.807) is 0 Å². The monoisotopic (exact) mass is 336 g/mol. The second-order valence-corrected chi connectivity index (χ2v) is 6.13. The first-order valence-electron chi connectivity index (χ1n) is 8.35. The fraction of sp³-hybridized carbons (Fsp3) is 0.278. The largest absolute Gasteiger partial charge is 0.505 e. The highest BCUT2D eigenvalue weighted by molar-refractivity contribution is 5.54. The van der Waals surface area contributed by atoms with Crippen molar-refractivity contribution < 1.29 is 5.11 Å². The molecular weight excluding hydrogens is 316 g/mol. The molecule has 1 aromatic carbocycles. The van der Waals surface area contributed by atoms with Gasteiger partial charge in [0, 0.05) is 50.2 Å². The summed E-state index contributed by atoms with van der Waals surface area (Å²) in [5.41, 5.74) is 2.22. The molecule has 1 saturated heterocycles. The van der Waals surface area contributed by atoms with Crippen molar-refractivity contribution in [1.82, 2.24) is 24.8 Å². The molecule has 1 aliphatic heterocycles. The second-order valence-electron chi connectivity index (χ2n) is 6.13. The van der Waals surface area contributed by atoms with E-state index in [0.717, 1.165) is 49.8 Å². The van der Waals surface area contributed by atoms with E-state index in [0.29, 0.717) is 5.95 Å². The molecule has 1 aliphatic rings. The summed E-state index contributed by atoms with van der Waals surface area (Å²) in [6.07, 6.45) is 4.78. The van der Waals surface area contributed by atoms with E-state index in [2.05, 4.69) is 41.9 Å². The van der Waals surface area contributed by atoms with Gasteiger partial charge in [-0.3, -0.25) is 4.90 Å². The van der Waals surface area contributed by atoms with Gasteiger partial charge in [-0.05, 0) is 0 Å². The lowest BCUT2D eigenvalue weighted by atomic mass is 10.2. The predicted molar refractivity (Wildman–Crippen MR) is 95.2 cm³/mol. The smallest absolute Gasteiger partial charge is 0.225 e. The SMILES string of the molecule is Oc1cnc(N2CCN(Cc3cnc(-c4ccccc4)[nH]3)CC2)nc1. The molecule has 3 heterocycles. The van der Waals surface area contributed by atoms with Crippen molar-refractivity contribution in [2.75, 3.05) is 31.1 Å². The van der Waals surface area contributed by atoms with Crippen LogP contribution in [0.25, 0.3) is 11.4 Å². The molecule has 0 bridgehead atoms. The van der Waals surface area contributed by atoms with Crippen LogP contribution < -0.4 is 4.90 Å². The van der Waals surface area contributed by atoms with Crippen LogP contribution in [0, 0.1) is 0 Å². The van der Waals surface area contributed by atoms with E-state index >= 15 is 0 Å². The Balaban J connectivity index is 1.34. The number of aromatic nitrogens is 4. The fourth-order valence-corrected chi connectivity index (χ4v) is 3.01. The molecule has 0 amide bonds. The molecule has 0 unspecified atom stereocenters. The number of nitrogens with one attached hydrogen (secondary N) is 1. The Hall–Kier alpha value is -2.93. The highest BCUT2D eigenvalue weighted by atomic mass is 16.3. The molecule has 2 aromatic heterocycles. The quantitative estimate of drug-likeness (QED) is 0.757. The van der Waals surface area contributed by atoms with Crippen molar-refractivity contribution in [3.8, 4) is 17.1 Å². The Morgan fingerprint density at radius 2 is 1.64 bits per heavy atom. The van der Waals surface area contributed by atoms with Gasteiger partial charge in [-0.1, -0.05) is 30.3 Å². The number of rotatable bonds is 4. The van der Waals surface area contributed by atoms with Gasteiger partial charge in [-0.25, -0.2) is 15.0 Å². The average molecular weight is 336 g/mol. The Kier molecular flexibility index (Phi) is 4.30. The number of aromatic amines is 1. The van der Waals surface area contributed by atoms with Gasteiger partial charge < -0.3 is 15.0 Å². The summed E-state index contributed by atoms with van der Waals surface area (Å²) in [4.78, 5) is 20.8. The summed E-state index contributed by atoms with van der Waals surface area (Å²) in [5, 5.41) is 9.28. The third kappa shape index (κ3) is 3.61. The molecule has 25 heavy (non-hydrogen) atoms. The van der Waals surface area contributed by atoms with Crippen LogP contribution in [0.2, 0.25) is 0 Å². The summed E-state index contributed by atoms with van der Waals surface area (Å²) in [7, 11) is 0. The standard InChI is InChI=1S/C18H20N6O/c25-16-11-20-18(21-12-16)24-8-6-23(7-9-24)13-15-10-19-17(22-15)14-4-2-1-3-5-14/h1-5,10-12,25H,6-9,13H2,(H,19,22). The number of piperazine rings is 1. The first kappa shape index (κ1) is 15.6. The maximum atomic E-state index is 9.28. The van der Waals surface area contributed by atoms with Crippen LogP contribution in [-0.4, -0.2) is 56.1 Å². The number of H-pyrrole nitrogens is 1. The normalized spacial score (nSPS) is 15.4. The van der Waals surface area contributed by atoms with Crippen LogP contribution in [0.3, 0.4) is 0 Å². The van der Waals surface area contributed by atoms with Gasteiger partial charge in [0.2, 0.25) is 5.95 Å². The van der Waals surface area contributed by atoms with Gasteiger partial charge in [0.25, 0.3) is 0 Å². The van der Waals surface area contributed by atoms with E-state index in [-0.39, 0.29) is 5.75 Å². The lowest BCUT2D eigenvalue weighted by Gasteiger charge is -2.34. The minimum Gasteiger partial charge on any atom is -0.505 e. The number of benzene rings is 1. The minimum atomic E-state index is 0.0934. The lowest BCUT2D eigenvalue weighted by molar-refractivity contribution is 0.246. The molecule has 2 N–H and O–H groups in total. The van der Waals surface area contributed by atoms with Gasteiger partial charge in [0.15, 0.2) is 5.75 Å². The van der Waals surface area contributed by atoms with Crippen molar-refractivity contribution >= 4 is 5.95 Å².